The van der Waals surface area contributed by atoms with Gasteiger partial charge >= 0.3 is 0 Å². The molecule has 1 amide bonds. The van der Waals surface area contributed by atoms with E-state index >= 15 is 0 Å². The number of rotatable bonds is 8. The van der Waals surface area contributed by atoms with Crippen molar-refractivity contribution in [3.63, 3.8) is 0 Å². The van der Waals surface area contributed by atoms with Gasteiger partial charge in [-0.2, -0.15) is 0 Å². The summed E-state index contributed by atoms with van der Waals surface area (Å²) in [5.74, 6) is 1.53. The molecule has 0 aliphatic carbocycles. The quantitative estimate of drug-likeness (QED) is 0.682. The molecule has 156 valence electrons. The molecule has 5 heteroatoms. The van der Waals surface area contributed by atoms with Crippen molar-refractivity contribution in [1.82, 2.24) is 14.8 Å². The minimum absolute atomic E-state index is 0.0912. The highest BCUT2D eigenvalue weighted by molar-refractivity contribution is 5.93. The molecule has 1 atom stereocenters. The Hall–Kier alpha value is -2.40. The number of hydrogen-bond acceptors (Lipinski definition) is 4. The second kappa shape index (κ2) is 10.4. The number of carbonyl (C=O) groups excluding carboxylic acids is 1. The molecule has 0 radical (unpaired) electrons. The molecule has 1 aliphatic rings. The first-order chi connectivity index (χ1) is 14.1. The number of aryl methyl sites for hydroxylation is 1. The van der Waals surface area contributed by atoms with Gasteiger partial charge in [-0.25, -0.2) is 0 Å². The molecule has 0 N–H and O–H groups in total. The summed E-state index contributed by atoms with van der Waals surface area (Å²) < 4.78 is 5.33. The van der Waals surface area contributed by atoms with Gasteiger partial charge in [-0.05, 0) is 75.4 Å². The third kappa shape index (κ3) is 6.04. The van der Waals surface area contributed by atoms with Crippen molar-refractivity contribution < 1.29 is 9.53 Å². The van der Waals surface area contributed by atoms with Crippen molar-refractivity contribution >= 4 is 5.91 Å². The van der Waals surface area contributed by atoms with Crippen LogP contribution in [-0.4, -0.2) is 60.5 Å². The monoisotopic (exact) mass is 395 g/mol. The maximum atomic E-state index is 12.9. The smallest absolute Gasteiger partial charge is 0.255 e. The predicted octanol–water partition coefficient (Wildman–Crippen LogP) is 3.82. The Morgan fingerprint density at radius 2 is 2.17 bits per heavy atom. The van der Waals surface area contributed by atoms with Gasteiger partial charge in [-0.1, -0.05) is 12.1 Å². The molecule has 0 bridgehead atoms. The summed E-state index contributed by atoms with van der Waals surface area (Å²) in [7, 11) is 1.71. The van der Waals surface area contributed by atoms with Gasteiger partial charge in [0.2, 0.25) is 0 Å². The van der Waals surface area contributed by atoms with Gasteiger partial charge < -0.3 is 14.5 Å². The summed E-state index contributed by atoms with van der Waals surface area (Å²) in [6.07, 6.45) is 5.10. The molecule has 1 saturated heterocycles. The molecular formula is C24H33N3O2. The largest absolute Gasteiger partial charge is 0.497 e. The molecule has 1 aromatic heterocycles. The zero-order valence-electron chi connectivity index (χ0n) is 17.9. The van der Waals surface area contributed by atoms with Gasteiger partial charge in [-0.15, -0.1) is 0 Å². The van der Waals surface area contributed by atoms with Crippen LogP contribution in [0.15, 0.2) is 42.6 Å². The highest BCUT2D eigenvalue weighted by Crippen LogP contribution is 2.20. The molecule has 2 aromatic rings. The average molecular weight is 396 g/mol. The van der Waals surface area contributed by atoms with Crippen molar-refractivity contribution in [3.05, 3.63) is 59.4 Å². The van der Waals surface area contributed by atoms with E-state index in [1.54, 1.807) is 13.3 Å². The van der Waals surface area contributed by atoms with Crippen LogP contribution in [0.1, 0.15) is 41.4 Å². The lowest BCUT2D eigenvalue weighted by atomic mass is 9.96. The van der Waals surface area contributed by atoms with Crippen molar-refractivity contribution in [2.24, 2.45) is 5.92 Å². The minimum Gasteiger partial charge on any atom is -0.497 e. The van der Waals surface area contributed by atoms with Crippen LogP contribution in [0.3, 0.4) is 0 Å². The first-order valence-electron chi connectivity index (χ1n) is 10.7. The van der Waals surface area contributed by atoms with Crippen LogP contribution in [0.2, 0.25) is 0 Å². The Balaban J connectivity index is 1.53. The number of amides is 1. The van der Waals surface area contributed by atoms with Crippen LogP contribution < -0.4 is 4.74 Å². The molecule has 1 fully saturated rings. The maximum absolute atomic E-state index is 12.9. The summed E-state index contributed by atoms with van der Waals surface area (Å²) in [6, 6.07) is 12.1. The molecule has 5 nitrogen and oxygen atoms in total. The van der Waals surface area contributed by atoms with Crippen molar-refractivity contribution in [2.45, 2.75) is 33.1 Å². The van der Waals surface area contributed by atoms with E-state index in [9.17, 15) is 4.79 Å². The predicted molar refractivity (Wildman–Crippen MR) is 116 cm³/mol. The molecule has 3 rings (SSSR count). The summed E-state index contributed by atoms with van der Waals surface area (Å²) in [5.41, 5.74) is 2.93. The van der Waals surface area contributed by atoms with E-state index in [0.717, 1.165) is 50.6 Å². The number of hydrogen-bond donors (Lipinski definition) is 0. The zero-order chi connectivity index (χ0) is 20.6. The fraction of sp³-hybridized carbons (Fsp3) is 0.500. The standard InChI is InChI=1S/C24H33N3O2/c1-4-27(24(28)22-11-10-19(2)25-16-22)18-21-8-6-13-26(17-21)14-12-20-7-5-9-23(15-20)29-3/h5,7,9-11,15-16,21H,4,6,8,12-14,17-18H2,1-3H3/t21-/m1/s1. The molecule has 1 aliphatic heterocycles. The zero-order valence-corrected chi connectivity index (χ0v) is 17.9. The van der Waals surface area contributed by atoms with Crippen LogP contribution in [0.25, 0.3) is 0 Å². The van der Waals surface area contributed by atoms with Gasteiger partial charge in [0.15, 0.2) is 0 Å². The Kier molecular flexibility index (Phi) is 7.64. The number of likely N-dealkylation sites (tertiary alicyclic amines) is 1. The Labute approximate surface area is 174 Å². The van der Waals surface area contributed by atoms with E-state index in [1.807, 2.05) is 30.0 Å². The first kappa shape index (κ1) is 21.3. The topological polar surface area (TPSA) is 45.7 Å². The van der Waals surface area contributed by atoms with Gasteiger partial charge in [-0.3, -0.25) is 9.78 Å². The summed E-state index contributed by atoms with van der Waals surface area (Å²) >= 11 is 0. The average Bonchev–Trinajstić information content (AvgIpc) is 2.76. The number of nitrogens with zero attached hydrogens (tertiary/aromatic N) is 3. The lowest BCUT2D eigenvalue weighted by Gasteiger charge is -2.35. The number of pyridine rings is 1. The Morgan fingerprint density at radius 3 is 2.90 bits per heavy atom. The molecular weight excluding hydrogens is 362 g/mol. The van der Waals surface area contributed by atoms with Crippen LogP contribution >= 0.6 is 0 Å². The lowest BCUT2D eigenvalue weighted by molar-refractivity contribution is 0.0690. The first-order valence-corrected chi connectivity index (χ1v) is 10.7. The molecule has 0 unspecified atom stereocenters. The maximum Gasteiger partial charge on any atom is 0.255 e. The van der Waals surface area contributed by atoms with E-state index in [1.165, 1.54) is 18.4 Å². The summed E-state index contributed by atoms with van der Waals surface area (Å²) in [4.78, 5) is 21.7. The van der Waals surface area contributed by atoms with E-state index < -0.39 is 0 Å². The van der Waals surface area contributed by atoms with Crippen molar-refractivity contribution in [2.75, 3.05) is 39.8 Å². The van der Waals surface area contributed by atoms with Crippen LogP contribution in [-0.2, 0) is 6.42 Å². The van der Waals surface area contributed by atoms with Gasteiger partial charge in [0.05, 0.1) is 12.7 Å². The van der Waals surface area contributed by atoms with Crippen LogP contribution in [0.4, 0.5) is 0 Å². The number of benzene rings is 1. The van der Waals surface area contributed by atoms with Crippen LogP contribution in [0.5, 0.6) is 5.75 Å². The van der Waals surface area contributed by atoms with Crippen LogP contribution in [0, 0.1) is 12.8 Å². The number of methoxy groups -OCH3 is 1. The summed E-state index contributed by atoms with van der Waals surface area (Å²) in [6.45, 7) is 8.79. The highest BCUT2D eigenvalue weighted by atomic mass is 16.5. The van der Waals surface area contributed by atoms with Crippen molar-refractivity contribution in [1.29, 1.82) is 0 Å². The van der Waals surface area contributed by atoms with E-state index in [-0.39, 0.29) is 5.91 Å². The minimum atomic E-state index is 0.0912. The number of aromatic nitrogens is 1. The number of carbonyl (C=O) groups is 1. The van der Waals surface area contributed by atoms with Gasteiger partial charge in [0.1, 0.15) is 5.75 Å². The number of ether oxygens (including phenoxy) is 1. The van der Waals surface area contributed by atoms with E-state index in [0.29, 0.717) is 11.5 Å². The van der Waals surface area contributed by atoms with E-state index in [2.05, 4.69) is 35.0 Å². The molecule has 0 spiro atoms. The number of piperidine rings is 1. The lowest BCUT2D eigenvalue weighted by Crippen LogP contribution is -2.43. The molecule has 0 saturated carbocycles. The second-order valence-electron chi connectivity index (χ2n) is 7.94. The fourth-order valence-electron chi connectivity index (χ4n) is 4.06. The second-order valence-corrected chi connectivity index (χ2v) is 7.94. The Morgan fingerprint density at radius 1 is 1.31 bits per heavy atom. The van der Waals surface area contributed by atoms with Crippen molar-refractivity contribution in [3.8, 4) is 5.75 Å². The SMILES string of the molecule is CCN(C[C@@H]1CCCN(CCc2cccc(OC)c2)C1)C(=O)c1ccc(C)nc1. The Bertz CT molecular complexity index is 791. The van der Waals surface area contributed by atoms with E-state index in [4.69, 9.17) is 4.74 Å². The molecule has 1 aromatic carbocycles. The third-order valence-electron chi connectivity index (χ3n) is 5.76. The van der Waals surface area contributed by atoms with Gasteiger partial charge in [0.25, 0.3) is 5.91 Å². The normalized spacial score (nSPS) is 17.1. The third-order valence-corrected chi connectivity index (χ3v) is 5.76. The van der Waals surface area contributed by atoms with Gasteiger partial charge in [0, 0.05) is 38.1 Å². The molecule has 2 heterocycles. The highest BCUT2D eigenvalue weighted by Gasteiger charge is 2.24. The molecule has 29 heavy (non-hydrogen) atoms. The summed E-state index contributed by atoms with van der Waals surface area (Å²) in [5, 5.41) is 0. The fourth-order valence-corrected chi connectivity index (χ4v) is 4.06.